The number of nitrogen functional groups attached to an aromatic ring is 1. The number of rotatable bonds is 7. The van der Waals surface area contributed by atoms with Gasteiger partial charge in [0, 0.05) is 37.4 Å². The SMILES string of the molecule is COc1cc(C(=N)N)ccc1CNC(=O)[C@]1(C2CCOCC2)CCCN1C(=O)CN. The molecule has 0 saturated carbocycles. The molecule has 3 rings (SSSR count). The second-order valence-corrected chi connectivity index (χ2v) is 7.79. The number of nitrogens with two attached hydrogens (primary N) is 2. The Balaban J connectivity index is 1.84. The molecule has 2 fully saturated rings. The molecule has 30 heavy (non-hydrogen) atoms. The van der Waals surface area contributed by atoms with Gasteiger partial charge < -0.3 is 31.2 Å². The monoisotopic (exact) mass is 417 g/mol. The molecule has 0 bridgehead atoms. The summed E-state index contributed by atoms with van der Waals surface area (Å²) in [5.74, 6) is 0.170. The van der Waals surface area contributed by atoms with Crippen molar-refractivity contribution in [2.24, 2.45) is 17.4 Å². The van der Waals surface area contributed by atoms with E-state index in [-0.39, 0.29) is 36.7 Å². The van der Waals surface area contributed by atoms with E-state index >= 15 is 0 Å². The number of nitrogens with one attached hydrogen (secondary N) is 2. The van der Waals surface area contributed by atoms with Gasteiger partial charge in [-0.05, 0) is 37.7 Å². The summed E-state index contributed by atoms with van der Waals surface area (Å²) in [6.07, 6.45) is 2.86. The van der Waals surface area contributed by atoms with Gasteiger partial charge >= 0.3 is 0 Å². The highest BCUT2D eigenvalue weighted by Gasteiger charge is 2.54. The number of hydrogen-bond acceptors (Lipinski definition) is 6. The number of nitrogens with zero attached hydrogens (tertiary/aromatic N) is 1. The van der Waals surface area contributed by atoms with Gasteiger partial charge in [0.05, 0.1) is 13.7 Å². The van der Waals surface area contributed by atoms with E-state index in [4.69, 9.17) is 26.4 Å². The summed E-state index contributed by atoms with van der Waals surface area (Å²) in [6.45, 7) is 1.85. The molecule has 2 amide bonds. The Morgan fingerprint density at radius 3 is 2.73 bits per heavy atom. The lowest BCUT2D eigenvalue weighted by Crippen LogP contribution is -2.63. The standard InChI is InChI=1S/C21H31N5O4/c1-29-17-11-14(19(23)24)3-4-15(17)13-25-20(28)21(16-5-9-30-10-6-16)7-2-8-26(21)18(27)12-22/h3-4,11,16H,2,5-10,12-13,22H2,1H3,(H3,23,24)(H,25,28)/t21-/m1/s1. The van der Waals surface area contributed by atoms with Crippen molar-refractivity contribution in [1.82, 2.24) is 10.2 Å². The maximum atomic E-state index is 13.6. The summed E-state index contributed by atoms with van der Waals surface area (Å²) >= 11 is 0. The average molecular weight is 418 g/mol. The highest BCUT2D eigenvalue weighted by atomic mass is 16.5. The van der Waals surface area contributed by atoms with Crippen molar-refractivity contribution in [1.29, 1.82) is 5.41 Å². The predicted octanol–water partition coefficient (Wildman–Crippen LogP) is 0.342. The van der Waals surface area contributed by atoms with Crippen LogP contribution in [0.2, 0.25) is 0 Å². The fourth-order valence-electron chi connectivity index (χ4n) is 4.71. The summed E-state index contributed by atoms with van der Waals surface area (Å²) in [7, 11) is 1.53. The summed E-state index contributed by atoms with van der Waals surface area (Å²) in [5.41, 5.74) is 11.6. The molecule has 9 heteroatoms. The predicted molar refractivity (Wildman–Crippen MR) is 112 cm³/mol. The van der Waals surface area contributed by atoms with Crippen molar-refractivity contribution >= 4 is 17.6 Å². The third-order valence-corrected chi connectivity index (χ3v) is 6.22. The molecule has 2 heterocycles. The van der Waals surface area contributed by atoms with Crippen molar-refractivity contribution < 1.29 is 19.1 Å². The number of carbonyl (C=O) groups is 2. The van der Waals surface area contributed by atoms with Crippen molar-refractivity contribution in [3.05, 3.63) is 29.3 Å². The topological polar surface area (TPSA) is 144 Å². The molecule has 0 aliphatic carbocycles. The molecule has 6 N–H and O–H groups in total. The summed E-state index contributed by atoms with van der Waals surface area (Å²) in [4.78, 5) is 27.8. The summed E-state index contributed by atoms with van der Waals surface area (Å²) < 4.78 is 10.9. The third-order valence-electron chi connectivity index (χ3n) is 6.22. The number of benzene rings is 1. The Morgan fingerprint density at radius 2 is 2.10 bits per heavy atom. The number of ether oxygens (including phenoxy) is 2. The lowest BCUT2D eigenvalue weighted by molar-refractivity contribution is -0.150. The van der Waals surface area contributed by atoms with E-state index in [0.29, 0.717) is 37.5 Å². The molecule has 164 valence electrons. The molecular weight excluding hydrogens is 386 g/mol. The summed E-state index contributed by atoms with van der Waals surface area (Å²) in [5, 5.41) is 10.6. The van der Waals surface area contributed by atoms with Gasteiger partial charge in [-0.25, -0.2) is 0 Å². The Labute approximate surface area is 176 Å². The molecule has 0 radical (unpaired) electrons. The first kappa shape index (κ1) is 22.0. The number of amidine groups is 1. The van der Waals surface area contributed by atoms with Crippen molar-refractivity contribution in [3.8, 4) is 5.75 Å². The summed E-state index contributed by atoms with van der Waals surface area (Å²) in [6, 6.07) is 5.19. The first-order valence-corrected chi connectivity index (χ1v) is 10.3. The minimum absolute atomic E-state index is 0.0336. The molecule has 0 aromatic heterocycles. The molecule has 2 aliphatic rings. The average Bonchev–Trinajstić information content (AvgIpc) is 3.23. The molecule has 1 aromatic rings. The largest absolute Gasteiger partial charge is 0.496 e. The van der Waals surface area contributed by atoms with Gasteiger partial charge in [0.15, 0.2) is 0 Å². The molecule has 2 aliphatic heterocycles. The Morgan fingerprint density at radius 1 is 1.37 bits per heavy atom. The highest BCUT2D eigenvalue weighted by molar-refractivity contribution is 5.95. The molecule has 2 saturated heterocycles. The normalized spacial score (nSPS) is 22.0. The van der Waals surface area contributed by atoms with Crippen LogP contribution < -0.4 is 21.5 Å². The zero-order chi connectivity index (χ0) is 21.7. The van der Waals surface area contributed by atoms with Crippen LogP contribution in [0.25, 0.3) is 0 Å². The van der Waals surface area contributed by atoms with E-state index in [1.165, 1.54) is 7.11 Å². The molecule has 1 aromatic carbocycles. The highest BCUT2D eigenvalue weighted by Crippen LogP contribution is 2.41. The van der Waals surface area contributed by atoms with Gasteiger partial charge in [0.25, 0.3) is 0 Å². The number of amides is 2. The van der Waals surface area contributed by atoms with Crippen LogP contribution in [-0.2, 0) is 20.9 Å². The Kier molecular flexibility index (Phi) is 6.94. The zero-order valence-corrected chi connectivity index (χ0v) is 17.4. The second-order valence-electron chi connectivity index (χ2n) is 7.79. The van der Waals surface area contributed by atoms with Crippen LogP contribution in [0.5, 0.6) is 5.75 Å². The molecular formula is C21H31N5O4. The Hall–Kier alpha value is -2.65. The fourth-order valence-corrected chi connectivity index (χ4v) is 4.71. The van der Waals surface area contributed by atoms with Gasteiger partial charge in [-0.15, -0.1) is 0 Å². The van der Waals surface area contributed by atoms with E-state index in [1.54, 1.807) is 23.1 Å². The maximum absolute atomic E-state index is 13.6. The molecule has 0 spiro atoms. The van der Waals surface area contributed by atoms with Gasteiger partial charge in [-0.1, -0.05) is 12.1 Å². The fraction of sp³-hybridized carbons (Fsp3) is 0.571. The van der Waals surface area contributed by atoms with E-state index in [0.717, 1.165) is 24.8 Å². The quantitative estimate of drug-likeness (QED) is 0.372. The van der Waals surface area contributed by atoms with E-state index in [1.807, 2.05) is 0 Å². The maximum Gasteiger partial charge on any atom is 0.246 e. The molecule has 9 nitrogen and oxygen atoms in total. The third kappa shape index (κ3) is 4.13. The van der Waals surface area contributed by atoms with Crippen LogP contribution >= 0.6 is 0 Å². The van der Waals surface area contributed by atoms with Crippen molar-refractivity contribution in [2.75, 3.05) is 33.4 Å². The van der Waals surface area contributed by atoms with Gasteiger partial charge in [-0.2, -0.15) is 0 Å². The van der Waals surface area contributed by atoms with Crippen LogP contribution in [0.4, 0.5) is 0 Å². The van der Waals surface area contributed by atoms with E-state index in [2.05, 4.69) is 5.32 Å². The van der Waals surface area contributed by atoms with Crippen LogP contribution in [0.3, 0.4) is 0 Å². The lowest BCUT2D eigenvalue weighted by atomic mass is 9.76. The first-order valence-electron chi connectivity index (χ1n) is 10.3. The van der Waals surface area contributed by atoms with Crippen LogP contribution in [0, 0.1) is 11.3 Å². The zero-order valence-electron chi connectivity index (χ0n) is 17.4. The van der Waals surface area contributed by atoms with Crippen LogP contribution in [0.15, 0.2) is 18.2 Å². The number of carbonyl (C=O) groups excluding carboxylic acids is 2. The lowest BCUT2D eigenvalue weighted by Gasteiger charge is -2.44. The number of methoxy groups -OCH3 is 1. The van der Waals surface area contributed by atoms with E-state index < -0.39 is 5.54 Å². The van der Waals surface area contributed by atoms with E-state index in [9.17, 15) is 9.59 Å². The van der Waals surface area contributed by atoms with Crippen LogP contribution in [0.1, 0.15) is 36.8 Å². The smallest absolute Gasteiger partial charge is 0.246 e. The number of hydrogen-bond donors (Lipinski definition) is 4. The first-order chi connectivity index (χ1) is 14.4. The van der Waals surface area contributed by atoms with Gasteiger partial charge in [0.2, 0.25) is 11.8 Å². The van der Waals surface area contributed by atoms with Crippen molar-refractivity contribution in [3.63, 3.8) is 0 Å². The van der Waals surface area contributed by atoms with Crippen LogP contribution in [-0.4, -0.2) is 61.5 Å². The molecule has 0 unspecified atom stereocenters. The Bertz CT molecular complexity index is 809. The minimum atomic E-state index is -0.896. The molecule has 1 atom stereocenters. The minimum Gasteiger partial charge on any atom is -0.496 e. The van der Waals surface area contributed by atoms with Gasteiger partial charge in [0.1, 0.15) is 17.1 Å². The van der Waals surface area contributed by atoms with Crippen molar-refractivity contribution in [2.45, 2.75) is 37.8 Å². The van der Waals surface area contributed by atoms with Gasteiger partial charge in [-0.3, -0.25) is 15.0 Å². The second kappa shape index (κ2) is 9.44. The number of likely N-dealkylation sites (tertiary alicyclic amines) is 1.